The summed E-state index contributed by atoms with van der Waals surface area (Å²) in [6, 6.07) is 1.25. The van der Waals surface area contributed by atoms with Crippen molar-refractivity contribution in [3.63, 3.8) is 0 Å². The topological polar surface area (TPSA) is 0 Å². The third-order valence-corrected chi connectivity index (χ3v) is 1.71. The van der Waals surface area contributed by atoms with Gasteiger partial charge in [0.15, 0.2) is 0 Å². The fourth-order valence-electron chi connectivity index (χ4n) is 0.909. The predicted octanol–water partition coefficient (Wildman–Crippen LogP) is 1.85. The highest BCUT2D eigenvalue weighted by Gasteiger charge is 1.88. The van der Waals surface area contributed by atoms with Gasteiger partial charge in [-0.1, -0.05) is 23.8 Å². The first kappa shape index (κ1) is 9.44. The fraction of sp³-hybridized carbons (Fsp3) is 0.333. The maximum atomic E-state index is 3.70. The summed E-state index contributed by atoms with van der Waals surface area (Å²) in [7, 11) is 1.26. The molecule has 0 aliphatic rings. The average molecular weight is 152 g/mol. The molecule has 1 heteroatoms. The molecule has 0 saturated carbocycles. The zero-order valence-corrected chi connectivity index (χ0v) is 8.77. The highest BCUT2D eigenvalue weighted by Crippen LogP contribution is 2.08. The van der Waals surface area contributed by atoms with Crippen LogP contribution < -0.4 is 0 Å². The van der Waals surface area contributed by atoms with E-state index in [1.807, 2.05) is 12.2 Å². The van der Waals surface area contributed by atoms with Gasteiger partial charge in [-0.25, -0.2) is 0 Å². The number of hydrogen-bond donors (Lipinski definition) is 0. The second kappa shape index (κ2) is 6.56. The number of hydrogen-bond acceptors (Lipinski definition) is 0. The molecule has 0 aromatic rings. The standard InChI is InChI=1S/C9H16Si/c1-3-5-9(6-4-2)7-8-10/h3-4,7H,1-2,5-6,8H2,10H3. The Kier molecular flexibility index (Phi) is 6.19. The van der Waals surface area contributed by atoms with E-state index in [2.05, 4.69) is 19.2 Å². The highest BCUT2D eigenvalue weighted by molar-refractivity contribution is 6.09. The molecule has 0 spiro atoms. The van der Waals surface area contributed by atoms with Crippen LogP contribution in [0, 0.1) is 0 Å². The summed E-state index contributed by atoms with van der Waals surface area (Å²) in [5.41, 5.74) is 1.46. The molecule has 0 heterocycles. The molecule has 0 bridgehead atoms. The van der Waals surface area contributed by atoms with E-state index in [0.717, 1.165) is 12.8 Å². The van der Waals surface area contributed by atoms with Crippen LogP contribution >= 0.6 is 0 Å². The molecule has 10 heavy (non-hydrogen) atoms. The van der Waals surface area contributed by atoms with E-state index in [9.17, 15) is 0 Å². The number of rotatable bonds is 5. The smallest absolute Gasteiger partial charge is 0.00756 e. The van der Waals surface area contributed by atoms with Crippen LogP contribution in [-0.4, -0.2) is 10.2 Å². The molecule has 0 aliphatic heterocycles. The zero-order valence-electron chi connectivity index (χ0n) is 6.77. The van der Waals surface area contributed by atoms with E-state index in [-0.39, 0.29) is 0 Å². The minimum absolute atomic E-state index is 1.02. The first-order valence-corrected chi connectivity index (χ1v) is 5.16. The molecule has 0 saturated heterocycles. The maximum Gasteiger partial charge on any atom is 0.00756 e. The minimum Gasteiger partial charge on any atom is -0.103 e. The van der Waals surface area contributed by atoms with Gasteiger partial charge < -0.3 is 0 Å². The van der Waals surface area contributed by atoms with Gasteiger partial charge in [-0.05, 0) is 18.9 Å². The van der Waals surface area contributed by atoms with Crippen LogP contribution in [-0.2, 0) is 0 Å². The van der Waals surface area contributed by atoms with Crippen LogP contribution in [0.4, 0.5) is 0 Å². The van der Waals surface area contributed by atoms with Crippen LogP contribution in [0.5, 0.6) is 0 Å². The van der Waals surface area contributed by atoms with Gasteiger partial charge in [-0.15, -0.1) is 13.2 Å². The predicted molar refractivity (Wildman–Crippen MR) is 52.5 cm³/mol. The van der Waals surface area contributed by atoms with Crippen molar-refractivity contribution in [2.45, 2.75) is 18.9 Å². The number of allylic oxidation sites excluding steroid dienone is 4. The van der Waals surface area contributed by atoms with Crippen molar-refractivity contribution in [2.24, 2.45) is 0 Å². The van der Waals surface area contributed by atoms with Gasteiger partial charge in [0.2, 0.25) is 0 Å². The van der Waals surface area contributed by atoms with Crippen LogP contribution in [0.25, 0.3) is 0 Å². The Balaban J connectivity index is 3.82. The van der Waals surface area contributed by atoms with Crippen molar-refractivity contribution in [3.05, 3.63) is 37.0 Å². The Hall–Kier alpha value is -0.563. The molecule has 0 aromatic carbocycles. The molecule has 0 amide bonds. The molecule has 0 aliphatic carbocycles. The van der Waals surface area contributed by atoms with Crippen molar-refractivity contribution >= 4 is 10.2 Å². The monoisotopic (exact) mass is 152 g/mol. The summed E-state index contributed by atoms with van der Waals surface area (Å²) in [4.78, 5) is 0. The molecule has 0 aromatic heterocycles. The average Bonchev–Trinajstić information content (AvgIpc) is 1.90. The molecule has 0 atom stereocenters. The Morgan fingerprint density at radius 1 is 1.20 bits per heavy atom. The quantitative estimate of drug-likeness (QED) is 0.416. The first-order valence-electron chi connectivity index (χ1n) is 3.74. The lowest BCUT2D eigenvalue weighted by Crippen LogP contribution is -1.78. The lowest BCUT2D eigenvalue weighted by atomic mass is 10.1. The Morgan fingerprint density at radius 3 is 2.00 bits per heavy atom. The SMILES string of the molecule is C=CCC(=CC[SiH3])CC=C. The third-order valence-electron chi connectivity index (χ3n) is 1.31. The van der Waals surface area contributed by atoms with E-state index >= 15 is 0 Å². The molecular formula is C9H16Si. The second-order valence-electron chi connectivity index (χ2n) is 2.26. The summed E-state index contributed by atoms with van der Waals surface area (Å²) >= 11 is 0. The lowest BCUT2D eigenvalue weighted by Gasteiger charge is -1.97. The van der Waals surface area contributed by atoms with Crippen LogP contribution in [0.15, 0.2) is 37.0 Å². The fourth-order valence-corrected chi connectivity index (χ4v) is 1.49. The molecular weight excluding hydrogens is 136 g/mol. The molecule has 0 fully saturated rings. The Morgan fingerprint density at radius 2 is 1.70 bits per heavy atom. The van der Waals surface area contributed by atoms with Crippen LogP contribution in [0.1, 0.15) is 12.8 Å². The van der Waals surface area contributed by atoms with Gasteiger partial charge in [-0.3, -0.25) is 0 Å². The first-order chi connectivity index (χ1) is 4.85. The molecule has 0 unspecified atom stereocenters. The molecule has 0 rings (SSSR count). The molecule has 0 nitrogen and oxygen atoms in total. The van der Waals surface area contributed by atoms with Gasteiger partial charge >= 0.3 is 0 Å². The van der Waals surface area contributed by atoms with Gasteiger partial charge in [0.25, 0.3) is 0 Å². The summed E-state index contributed by atoms with van der Waals surface area (Å²) in [5.74, 6) is 0. The minimum atomic E-state index is 1.02. The van der Waals surface area contributed by atoms with E-state index in [1.165, 1.54) is 21.9 Å². The summed E-state index contributed by atoms with van der Waals surface area (Å²) in [6.45, 7) is 7.40. The Labute approximate surface area is 66.8 Å². The van der Waals surface area contributed by atoms with Crippen molar-refractivity contribution in [1.82, 2.24) is 0 Å². The van der Waals surface area contributed by atoms with Crippen LogP contribution in [0.3, 0.4) is 0 Å². The third kappa shape index (κ3) is 4.33. The van der Waals surface area contributed by atoms with Crippen molar-refractivity contribution in [3.8, 4) is 0 Å². The molecule has 0 N–H and O–H groups in total. The van der Waals surface area contributed by atoms with E-state index in [1.54, 1.807) is 0 Å². The maximum absolute atomic E-state index is 3.70. The molecule has 0 radical (unpaired) electrons. The van der Waals surface area contributed by atoms with Gasteiger partial charge in [0.1, 0.15) is 0 Å². The van der Waals surface area contributed by atoms with Crippen molar-refractivity contribution in [1.29, 1.82) is 0 Å². The van der Waals surface area contributed by atoms with Crippen molar-refractivity contribution < 1.29 is 0 Å². The van der Waals surface area contributed by atoms with Gasteiger partial charge in [-0.2, -0.15) is 0 Å². The summed E-state index contributed by atoms with van der Waals surface area (Å²) < 4.78 is 0. The van der Waals surface area contributed by atoms with Crippen LogP contribution in [0.2, 0.25) is 6.04 Å². The zero-order chi connectivity index (χ0) is 7.82. The summed E-state index contributed by atoms with van der Waals surface area (Å²) in [5, 5.41) is 0. The van der Waals surface area contributed by atoms with E-state index in [4.69, 9.17) is 0 Å². The second-order valence-corrected chi connectivity index (χ2v) is 3.07. The highest BCUT2D eigenvalue weighted by atomic mass is 28.1. The normalized spacial score (nSPS) is 8.80. The summed E-state index contributed by atoms with van der Waals surface area (Å²) in [6.07, 6.45) is 8.25. The van der Waals surface area contributed by atoms with E-state index in [0.29, 0.717) is 0 Å². The van der Waals surface area contributed by atoms with Gasteiger partial charge in [0.05, 0.1) is 0 Å². The van der Waals surface area contributed by atoms with E-state index < -0.39 is 0 Å². The van der Waals surface area contributed by atoms with Gasteiger partial charge in [0, 0.05) is 10.2 Å². The largest absolute Gasteiger partial charge is 0.103 e. The van der Waals surface area contributed by atoms with Crippen molar-refractivity contribution in [2.75, 3.05) is 0 Å². The Bertz CT molecular complexity index is 122. The lowest BCUT2D eigenvalue weighted by molar-refractivity contribution is 1.10. The molecule has 56 valence electrons.